The van der Waals surface area contributed by atoms with E-state index >= 15 is 0 Å². The molecule has 0 aliphatic carbocycles. The van der Waals surface area contributed by atoms with Crippen molar-refractivity contribution in [1.29, 1.82) is 5.26 Å². The van der Waals surface area contributed by atoms with E-state index < -0.39 is 17.4 Å². The van der Waals surface area contributed by atoms with Gasteiger partial charge in [0, 0.05) is 6.20 Å². The van der Waals surface area contributed by atoms with Crippen LogP contribution in [0.4, 0.5) is 0 Å². The molecule has 0 fully saturated rings. The van der Waals surface area contributed by atoms with E-state index in [-0.39, 0.29) is 23.5 Å². The summed E-state index contributed by atoms with van der Waals surface area (Å²) in [4.78, 5) is 22.0. The maximum atomic E-state index is 11.1. The maximum Gasteiger partial charge on any atom is 0.338 e. The van der Waals surface area contributed by atoms with Gasteiger partial charge < -0.3 is 14.9 Å². The second-order valence-corrected chi connectivity index (χ2v) is 5.75. The van der Waals surface area contributed by atoms with Crippen molar-refractivity contribution in [2.75, 3.05) is 6.61 Å². The number of aliphatic carboxylic acids is 1. The molecule has 8 nitrogen and oxygen atoms in total. The first-order valence-corrected chi connectivity index (χ1v) is 6.93. The minimum absolute atomic E-state index is 0.0250. The van der Waals surface area contributed by atoms with E-state index in [1.807, 2.05) is 6.07 Å². The van der Waals surface area contributed by atoms with Gasteiger partial charge in [-0.05, 0) is 32.0 Å². The number of aromatic nitrogens is 2. The number of carboxylic acid groups (broad SMARTS) is 2. The summed E-state index contributed by atoms with van der Waals surface area (Å²) < 4.78 is 6.79. The van der Waals surface area contributed by atoms with Gasteiger partial charge in [0.2, 0.25) is 0 Å². The van der Waals surface area contributed by atoms with Crippen LogP contribution in [0.5, 0.6) is 5.75 Å². The number of aromatic carboxylic acids is 1. The first-order valence-electron chi connectivity index (χ1n) is 6.93. The maximum absolute atomic E-state index is 11.1. The van der Waals surface area contributed by atoms with Crippen LogP contribution in [0.2, 0.25) is 0 Å². The van der Waals surface area contributed by atoms with Crippen LogP contribution in [-0.4, -0.2) is 38.5 Å². The average molecular weight is 329 g/mol. The summed E-state index contributed by atoms with van der Waals surface area (Å²) in [5, 5.41) is 31.2. The van der Waals surface area contributed by atoms with Crippen molar-refractivity contribution in [3.63, 3.8) is 0 Å². The quantitative estimate of drug-likeness (QED) is 0.829. The van der Waals surface area contributed by atoms with Crippen LogP contribution in [0.3, 0.4) is 0 Å². The zero-order valence-electron chi connectivity index (χ0n) is 13.1. The Bertz CT molecular complexity index is 832. The lowest BCUT2D eigenvalue weighted by Gasteiger charge is -2.20. The largest absolute Gasteiger partial charge is 0.491 e. The number of carbonyl (C=O) groups is 2. The molecule has 0 saturated carbocycles. The molecule has 0 bridgehead atoms. The fourth-order valence-electron chi connectivity index (χ4n) is 1.77. The van der Waals surface area contributed by atoms with Crippen LogP contribution in [0.1, 0.15) is 29.8 Å². The Kier molecular flexibility index (Phi) is 4.55. The highest BCUT2D eigenvalue weighted by atomic mass is 16.5. The summed E-state index contributed by atoms with van der Waals surface area (Å²) in [6.07, 6.45) is 2.53. The summed E-state index contributed by atoms with van der Waals surface area (Å²) >= 11 is 0. The minimum atomic E-state index is -1.10. The van der Waals surface area contributed by atoms with E-state index in [2.05, 4.69) is 5.10 Å². The first kappa shape index (κ1) is 17.0. The first-order chi connectivity index (χ1) is 11.2. The standard InChI is InChI=1S/C16H15N3O5/c1-16(2,15(22)23)9-24-13-4-3-12(5-10(13)6-17)19-8-11(7-18-19)14(20)21/h3-5,7-8H,9H2,1-2H3,(H,20,21)(H,22,23). The van der Waals surface area contributed by atoms with Crippen molar-refractivity contribution < 1.29 is 24.5 Å². The number of rotatable bonds is 6. The SMILES string of the molecule is CC(C)(COc1ccc(-n2cc(C(=O)O)cn2)cc1C#N)C(=O)O. The molecule has 2 rings (SSSR count). The number of ether oxygens (including phenoxy) is 1. The van der Waals surface area contributed by atoms with Gasteiger partial charge in [0.05, 0.1) is 28.4 Å². The molecule has 0 unspecified atom stereocenters. The van der Waals surface area contributed by atoms with Gasteiger partial charge in [0.1, 0.15) is 18.4 Å². The number of nitriles is 1. The van der Waals surface area contributed by atoms with Gasteiger partial charge in [-0.1, -0.05) is 0 Å². The van der Waals surface area contributed by atoms with E-state index in [0.29, 0.717) is 5.69 Å². The molecule has 1 aromatic heterocycles. The van der Waals surface area contributed by atoms with E-state index in [4.69, 9.17) is 14.9 Å². The van der Waals surface area contributed by atoms with Crippen molar-refractivity contribution in [2.24, 2.45) is 5.41 Å². The second kappa shape index (κ2) is 6.42. The van der Waals surface area contributed by atoms with Gasteiger partial charge in [-0.25, -0.2) is 9.48 Å². The van der Waals surface area contributed by atoms with Gasteiger partial charge in [-0.2, -0.15) is 10.4 Å². The predicted octanol–water partition coefficient (Wildman–Crippen LogP) is 1.93. The molecule has 1 aromatic carbocycles. The molecule has 8 heteroatoms. The molecule has 0 atom stereocenters. The zero-order chi connectivity index (χ0) is 17.9. The van der Waals surface area contributed by atoms with E-state index in [1.54, 1.807) is 6.07 Å². The summed E-state index contributed by atoms with van der Waals surface area (Å²) in [7, 11) is 0. The normalized spacial score (nSPS) is 10.9. The molecule has 1 heterocycles. The average Bonchev–Trinajstić information content (AvgIpc) is 3.03. The van der Waals surface area contributed by atoms with E-state index in [9.17, 15) is 14.9 Å². The highest BCUT2D eigenvalue weighted by molar-refractivity contribution is 5.87. The molecule has 0 aliphatic heterocycles. The number of benzene rings is 1. The van der Waals surface area contributed by atoms with Crippen LogP contribution in [0.15, 0.2) is 30.6 Å². The van der Waals surface area contributed by atoms with Gasteiger partial charge in [-0.15, -0.1) is 0 Å². The monoisotopic (exact) mass is 329 g/mol. The van der Waals surface area contributed by atoms with Crippen molar-refractivity contribution in [1.82, 2.24) is 9.78 Å². The summed E-state index contributed by atoms with van der Waals surface area (Å²) in [5.74, 6) is -1.85. The Labute approximate surface area is 137 Å². The molecular formula is C16H15N3O5. The molecule has 0 saturated heterocycles. The van der Waals surface area contributed by atoms with Crippen LogP contribution >= 0.6 is 0 Å². The van der Waals surface area contributed by atoms with Gasteiger partial charge in [-0.3, -0.25) is 4.79 Å². The Morgan fingerprint density at radius 3 is 2.62 bits per heavy atom. The fourth-order valence-corrected chi connectivity index (χ4v) is 1.77. The highest BCUT2D eigenvalue weighted by Gasteiger charge is 2.28. The molecule has 0 spiro atoms. The molecule has 124 valence electrons. The Balaban J connectivity index is 2.26. The van der Waals surface area contributed by atoms with Crippen molar-refractivity contribution in [3.05, 3.63) is 41.7 Å². The third-order valence-corrected chi connectivity index (χ3v) is 3.35. The van der Waals surface area contributed by atoms with Crippen LogP contribution in [0.25, 0.3) is 5.69 Å². The highest BCUT2D eigenvalue weighted by Crippen LogP contribution is 2.24. The number of carboxylic acids is 2. The van der Waals surface area contributed by atoms with Gasteiger partial charge in [0.15, 0.2) is 0 Å². The Morgan fingerprint density at radius 1 is 1.38 bits per heavy atom. The van der Waals surface area contributed by atoms with E-state index in [0.717, 1.165) is 0 Å². The van der Waals surface area contributed by atoms with Crippen molar-refractivity contribution in [2.45, 2.75) is 13.8 Å². The lowest BCUT2D eigenvalue weighted by Crippen LogP contribution is -2.30. The van der Waals surface area contributed by atoms with Crippen molar-refractivity contribution in [3.8, 4) is 17.5 Å². The van der Waals surface area contributed by atoms with Crippen LogP contribution < -0.4 is 4.74 Å². The van der Waals surface area contributed by atoms with Crippen molar-refractivity contribution >= 4 is 11.9 Å². The number of hydrogen-bond acceptors (Lipinski definition) is 5. The topological polar surface area (TPSA) is 125 Å². The lowest BCUT2D eigenvalue weighted by molar-refractivity contribution is -0.148. The minimum Gasteiger partial charge on any atom is -0.491 e. The Morgan fingerprint density at radius 2 is 2.08 bits per heavy atom. The number of nitrogens with zero attached hydrogens (tertiary/aromatic N) is 3. The molecular weight excluding hydrogens is 314 g/mol. The Hall–Kier alpha value is -3.34. The lowest BCUT2D eigenvalue weighted by atomic mass is 9.95. The van der Waals surface area contributed by atoms with Gasteiger partial charge in [0.25, 0.3) is 0 Å². The summed E-state index contributed by atoms with van der Waals surface area (Å²) in [5.41, 5.74) is -0.383. The fraction of sp³-hybridized carbons (Fsp3) is 0.250. The predicted molar refractivity (Wildman–Crippen MR) is 82.2 cm³/mol. The molecule has 0 aliphatic rings. The van der Waals surface area contributed by atoms with Crippen LogP contribution in [0, 0.1) is 16.7 Å². The molecule has 2 aromatic rings. The van der Waals surface area contributed by atoms with Gasteiger partial charge >= 0.3 is 11.9 Å². The summed E-state index contributed by atoms with van der Waals surface area (Å²) in [6.45, 7) is 2.95. The van der Waals surface area contributed by atoms with Crippen LogP contribution in [-0.2, 0) is 4.79 Å². The number of hydrogen-bond donors (Lipinski definition) is 2. The summed E-state index contributed by atoms with van der Waals surface area (Å²) in [6, 6.07) is 6.58. The smallest absolute Gasteiger partial charge is 0.338 e. The zero-order valence-corrected chi connectivity index (χ0v) is 13.1. The molecule has 0 radical (unpaired) electrons. The molecule has 0 amide bonds. The van der Waals surface area contributed by atoms with E-state index in [1.165, 1.54) is 43.1 Å². The third-order valence-electron chi connectivity index (χ3n) is 3.35. The molecule has 24 heavy (non-hydrogen) atoms. The third kappa shape index (κ3) is 3.52. The second-order valence-electron chi connectivity index (χ2n) is 5.75. The molecule has 2 N–H and O–H groups in total.